The van der Waals surface area contributed by atoms with E-state index in [9.17, 15) is 5.11 Å². The maximum absolute atomic E-state index is 10.1. The van der Waals surface area contributed by atoms with Crippen molar-refractivity contribution in [1.29, 1.82) is 0 Å². The minimum Gasteiger partial charge on any atom is -0.389 e. The van der Waals surface area contributed by atoms with E-state index in [4.69, 9.17) is 9.47 Å². The van der Waals surface area contributed by atoms with Crippen LogP contribution < -0.4 is 0 Å². The fraction of sp³-hybridized carbons (Fsp3) is 1.00. The van der Waals surface area contributed by atoms with Gasteiger partial charge in [0.05, 0.1) is 18.3 Å². The summed E-state index contributed by atoms with van der Waals surface area (Å²) in [5, 5.41) is 10.1. The second kappa shape index (κ2) is 3.19. The van der Waals surface area contributed by atoms with Gasteiger partial charge in [0, 0.05) is 6.42 Å². The zero-order valence-electron chi connectivity index (χ0n) is 9.25. The number of hydrogen-bond acceptors (Lipinski definition) is 3. The first-order valence-corrected chi connectivity index (χ1v) is 5.49. The molecule has 1 aliphatic heterocycles. The van der Waals surface area contributed by atoms with E-state index < -0.39 is 11.4 Å². The third kappa shape index (κ3) is 1.95. The molecule has 14 heavy (non-hydrogen) atoms. The largest absolute Gasteiger partial charge is 0.389 e. The highest BCUT2D eigenvalue weighted by Gasteiger charge is 2.53. The van der Waals surface area contributed by atoms with Crippen molar-refractivity contribution in [2.24, 2.45) is 5.92 Å². The van der Waals surface area contributed by atoms with Crippen LogP contribution in [0.3, 0.4) is 0 Å². The molecular weight excluding hydrogens is 180 g/mol. The topological polar surface area (TPSA) is 38.7 Å². The third-order valence-electron chi connectivity index (χ3n) is 3.34. The summed E-state index contributed by atoms with van der Waals surface area (Å²) < 4.78 is 11.1. The zero-order chi connectivity index (χ0) is 10.4. The lowest BCUT2D eigenvalue weighted by atomic mass is 10.1. The van der Waals surface area contributed by atoms with E-state index in [1.807, 2.05) is 13.8 Å². The van der Waals surface area contributed by atoms with Gasteiger partial charge in [-0.15, -0.1) is 0 Å². The average Bonchev–Trinajstić information content (AvgIpc) is 2.60. The van der Waals surface area contributed by atoms with E-state index in [1.165, 1.54) is 0 Å². The summed E-state index contributed by atoms with van der Waals surface area (Å²) in [6.07, 6.45) is 2.80. The molecule has 1 saturated carbocycles. The monoisotopic (exact) mass is 200 g/mol. The summed E-state index contributed by atoms with van der Waals surface area (Å²) in [5.41, 5.74) is -0.455. The van der Waals surface area contributed by atoms with Crippen molar-refractivity contribution in [3.8, 4) is 0 Å². The minimum absolute atomic E-state index is 0.0755. The molecule has 0 amide bonds. The number of aliphatic hydroxyl groups is 1. The van der Waals surface area contributed by atoms with Crippen molar-refractivity contribution in [3.63, 3.8) is 0 Å². The molecule has 0 unspecified atom stereocenters. The van der Waals surface area contributed by atoms with Crippen molar-refractivity contribution in [1.82, 2.24) is 0 Å². The zero-order valence-corrected chi connectivity index (χ0v) is 9.25. The van der Waals surface area contributed by atoms with Gasteiger partial charge in [-0.1, -0.05) is 13.3 Å². The van der Waals surface area contributed by atoms with E-state index in [2.05, 4.69) is 6.92 Å². The number of rotatable bonds is 3. The first kappa shape index (κ1) is 10.4. The van der Waals surface area contributed by atoms with E-state index in [0.29, 0.717) is 12.5 Å². The molecule has 1 aliphatic carbocycles. The summed E-state index contributed by atoms with van der Waals surface area (Å²) in [6.45, 7) is 6.58. The molecule has 0 aromatic carbocycles. The molecule has 1 heterocycles. The molecule has 2 fully saturated rings. The summed E-state index contributed by atoms with van der Waals surface area (Å²) in [5.74, 6) is 0.0206. The van der Waals surface area contributed by atoms with Crippen molar-refractivity contribution in [2.75, 3.05) is 6.61 Å². The van der Waals surface area contributed by atoms with Gasteiger partial charge in [-0.05, 0) is 26.2 Å². The molecular formula is C11H20O3. The summed E-state index contributed by atoms with van der Waals surface area (Å²) in [4.78, 5) is 0. The summed E-state index contributed by atoms with van der Waals surface area (Å²) in [7, 11) is 0. The Hall–Kier alpha value is -0.120. The molecule has 82 valence electrons. The van der Waals surface area contributed by atoms with E-state index in [1.54, 1.807) is 0 Å². The molecule has 3 nitrogen and oxygen atoms in total. The van der Waals surface area contributed by atoms with Gasteiger partial charge < -0.3 is 14.6 Å². The lowest BCUT2D eigenvalue weighted by Crippen LogP contribution is -2.25. The Kier molecular flexibility index (Phi) is 2.37. The maximum Gasteiger partial charge on any atom is 0.163 e. The molecule has 2 aliphatic rings. The highest BCUT2D eigenvalue weighted by atomic mass is 16.7. The molecule has 3 heteroatoms. The van der Waals surface area contributed by atoms with Crippen LogP contribution in [0.5, 0.6) is 0 Å². The van der Waals surface area contributed by atoms with E-state index >= 15 is 0 Å². The Balaban J connectivity index is 1.83. The molecule has 0 spiro atoms. The fourth-order valence-electron chi connectivity index (χ4n) is 2.40. The second-order valence-corrected chi connectivity index (χ2v) is 5.07. The predicted octanol–water partition coefficient (Wildman–Crippen LogP) is 1.69. The van der Waals surface area contributed by atoms with Crippen LogP contribution in [-0.4, -0.2) is 29.2 Å². The van der Waals surface area contributed by atoms with Crippen LogP contribution in [0.15, 0.2) is 0 Å². The standard InChI is InChI=1S/C11H20O3/c1-4-8-5-11(8,12)6-9-7-13-10(2,3)14-9/h8-9,12H,4-7H2,1-3H3/t8-,9+,11+/m1/s1. The Morgan fingerprint density at radius 2 is 2.14 bits per heavy atom. The van der Waals surface area contributed by atoms with Crippen LogP contribution in [0.4, 0.5) is 0 Å². The van der Waals surface area contributed by atoms with Gasteiger partial charge in [-0.3, -0.25) is 0 Å². The van der Waals surface area contributed by atoms with Crippen LogP contribution in [-0.2, 0) is 9.47 Å². The number of ether oxygens (including phenoxy) is 2. The maximum atomic E-state index is 10.1. The molecule has 0 bridgehead atoms. The molecule has 3 atom stereocenters. The van der Waals surface area contributed by atoms with Crippen LogP contribution in [0.25, 0.3) is 0 Å². The predicted molar refractivity (Wildman–Crippen MR) is 52.9 cm³/mol. The fourth-order valence-corrected chi connectivity index (χ4v) is 2.40. The normalized spacial score (nSPS) is 45.4. The number of hydrogen-bond donors (Lipinski definition) is 1. The molecule has 1 N–H and O–H groups in total. The molecule has 0 aromatic rings. The van der Waals surface area contributed by atoms with Crippen LogP contribution >= 0.6 is 0 Å². The van der Waals surface area contributed by atoms with Gasteiger partial charge in [0.2, 0.25) is 0 Å². The van der Waals surface area contributed by atoms with E-state index in [-0.39, 0.29) is 6.10 Å². The van der Waals surface area contributed by atoms with E-state index in [0.717, 1.165) is 19.3 Å². The molecule has 2 rings (SSSR count). The first-order valence-electron chi connectivity index (χ1n) is 5.49. The Morgan fingerprint density at radius 1 is 1.43 bits per heavy atom. The van der Waals surface area contributed by atoms with Gasteiger partial charge in [0.15, 0.2) is 5.79 Å². The lowest BCUT2D eigenvalue weighted by Gasteiger charge is -2.19. The Labute approximate surface area is 85.4 Å². The quantitative estimate of drug-likeness (QED) is 0.753. The molecule has 0 aromatic heterocycles. The van der Waals surface area contributed by atoms with Crippen molar-refractivity contribution in [2.45, 2.75) is 57.5 Å². The van der Waals surface area contributed by atoms with Crippen LogP contribution in [0.1, 0.15) is 40.0 Å². The highest BCUT2D eigenvalue weighted by molar-refractivity contribution is 5.04. The van der Waals surface area contributed by atoms with Crippen molar-refractivity contribution in [3.05, 3.63) is 0 Å². The average molecular weight is 200 g/mol. The first-order chi connectivity index (χ1) is 6.45. The smallest absolute Gasteiger partial charge is 0.163 e. The SMILES string of the molecule is CC[C@@H]1C[C@]1(O)C[C@H]1COC(C)(C)O1. The Morgan fingerprint density at radius 3 is 2.57 bits per heavy atom. The third-order valence-corrected chi connectivity index (χ3v) is 3.34. The second-order valence-electron chi connectivity index (χ2n) is 5.07. The van der Waals surface area contributed by atoms with Crippen molar-refractivity contribution < 1.29 is 14.6 Å². The van der Waals surface area contributed by atoms with Crippen LogP contribution in [0, 0.1) is 5.92 Å². The molecule has 0 radical (unpaired) electrons. The van der Waals surface area contributed by atoms with Gasteiger partial charge in [-0.25, -0.2) is 0 Å². The minimum atomic E-state index is -0.461. The summed E-state index contributed by atoms with van der Waals surface area (Å²) >= 11 is 0. The van der Waals surface area contributed by atoms with Gasteiger partial charge in [-0.2, -0.15) is 0 Å². The van der Waals surface area contributed by atoms with Crippen molar-refractivity contribution >= 4 is 0 Å². The highest BCUT2D eigenvalue weighted by Crippen LogP contribution is 2.49. The summed E-state index contributed by atoms with van der Waals surface area (Å²) in [6, 6.07) is 0. The van der Waals surface area contributed by atoms with Gasteiger partial charge >= 0.3 is 0 Å². The lowest BCUT2D eigenvalue weighted by molar-refractivity contribution is -0.142. The van der Waals surface area contributed by atoms with Gasteiger partial charge in [0.25, 0.3) is 0 Å². The van der Waals surface area contributed by atoms with Gasteiger partial charge in [0.1, 0.15) is 0 Å². The van der Waals surface area contributed by atoms with Crippen LogP contribution in [0.2, 0.25) is 0 Å². The Bertz CT molecular complexity index is 227. The molecule has 1 saturated heterocycles.